The third-order valence-electron chi connectivity index (χ3n) is 6.86. The van der Waals surface area contributed by atoms with E-state index < -0.39 is 0 Å². The largest absolute Gasteiger partial charge is 0.479 e. The molecule has 0 fully saturated rings. The van der Waals surface area contributed by atoms with Crippen LogP contribution >= 0.6 is 0 Å². The van der Waals surface area contributed by atoms with Gasteiger partial charge in [0.1, 0.15) is 23.2 Å². The van der Waals surface area contributed by atoms with Crippen LogP contribution in [0.1, 0.15) is 37.8 Å². The first kappa shape index (κ1) is 20.9. The zero-order valence-electron chi connectivity index (χ0n) is 19.0. The Morgan fingerprint density at radius 2 is 1.16 bits per heavy atom. The van der Waals surface area contributed by atoms with Crippen molar-refractivity contribution < 1.29 is 9.47 Å². The summed E-state index contributed by atoms with van der Waals surface area (Å²) in [6.07, 6.45) is 3.78. The van der Waals surface area contributed by atoms with Gasteiger partial charge in [-0.15, -0.1) is 0 Å². The van der Waals surface area contributed by atoms with E-state index >= 15 is 0 Å². The van der Waals surface area contributed by atoms with Crippen LogP contribution in [0.15, 0.2) is 58.5 Å². The van der Waals surface area contributed by atoms with Crippen molar-refractivity contribution in [3.63, 3.8) is 0 Å². The van der Waals surface area contributed by atoms with Gasteiger partial charge in [0.25, 0.3) is 0 Å². The molecule has 6 rings (SSSR count). The fourth-order valence-electron chi connectivity index (χ4n) is 5.01. The number of ether oxygens (including phenoxy) is 2. The number of fused-ring (bicyclic) bond motifs is 2. The van der Waals surface area contributed by atoms with Crippen molar-refractivity contribution in [1.82, 2.24) is 10.6 Å². The van der Waals surface area contributed by atoms with Gasteiger partial charge in [0.15, 0.2) is 11.2 Å². The molecule has 6 nitrogen and oxygen atoms in total. The van der Waals surface area contributed by atoms with E-state index in [9.17, 15) is 0 Å². The van der Waals surface area contributed by atoms with Gasteiger partial charge >= 0.3 is 0 Å². The lowest BCUT2D eigenvalue weighted by Crippen LogP contribution is -2.48. The van der Waals surface area contributed by atoms with Gasteiger partial charge in [0.05, 0.1) is 13.1 Å². The van der Waals surface area contributed by atoms with Gasteiger partial charge in [0, 0.05) is 25.9 Å². The van der Waals surface area contributed by atoms with Gasteiger partial charge < -0.3 is 20.1 Å². The van der Waals surface area contributed by atoms with Crippen molar-refractivity contribution in [1.29, 1.82) is 0 Å². The van der Waals surface area contributed by atoms with Crippen molar-refractivity contribution in [2.24, 2.45) is 9.98 Å². The normalized spacial score (nSPS) is 26.9. The zero-order valence-corrected chi connectivity index (χ0v) is 19.0. The molecule has 0 aliphatic carbocycles. The lowest BCUT2D eigenvalue weighted by molar-refractivity contribution is 0.162. The molecule has 0 aromatic heterocycles. The number of amidine groups is 2. The highest BCUT2D eigenvalue weighted by Crippen LogP contribution is 2.38. The van der Waals surface area contributed by atoms with Crippen molar-refractivity contribution in [3.8, 4) is 11.5 Å². The predicted molar refractivity (Wildman–Crippen MR) is 128 cm³/mol. The molecule has 2 unspecified atom stereocenters. The van der Waals surface area contributed by atoms with Crippen LogP contribution < -0.4 is 20.1 Å². The third kappa shape index (κ3) is 3.61. The summed E-state index contributed by atoms with van der Waals surface area (Å²) in [6.45, 7) is 7.95. The second-order valence-corrected chi connectivity index (χ2v) is 8.78. The number of rotatable bonds is 4. The Kier molecular flexibility index (Phi) is 5.53. The Morgan fingerprint density at radius 3 is 1.50 bits per heavy atom. The summed E-state index contributed by atoms with van der Waals surface area (Å²) >= 11 is 0. The van der Waals surface area contributed by atoms with E-state index in [-0.39, 0.29) is 11.2 Å². The summed E-state index contributed by atoms with van der Waals surface area (Å²) in [5.41, 5.74) is 2.11. The Bertz CT molecular complexity index is 912. The number of hydrogen-bond acceptors (Lipinski definition) is 6. The highest BCUT2D eigenvalue weighted by molar-refractivity contribution is 5.93. The van der Waals surface area contributed by atoms with Gasteiger partial charge in [-0.2, -0.15) is 0 Å². The molecule has 4 aliphatic heterocycles. The number of para-hydroxylation sites is 2. The number of nitrogens with zero attached hydrogens (tertiary/aromatic N) is 2. The maximum atomic E-state index is 6.13. The maximum Gasteiger partial charge on any atom is 0.169 e. The first-order chi connectivity index (χ1) is 15.7. The number of benzene rings is 2. The van der Waals surface area contributed by atoms with Crippen LogP contribution in [0.5, 0.6) is 11.5 Å². The average molecular weight is 433 g/mol. The first-order valence-electron chi connectivity index (χ1n) is 11.8. The Labute approximate surface area is 190 Å². The first-order valence-corrected chi connectivity index (χ1v) is 11.8. The SMILES string of the molecule is CCC1(C2=NCCN2)Cc2ccccc2O1.CCC1(C2=NCCN2)Cc2ccccc2O1. The summed E-state index contributed by atoms with van der Waals surface area (Å²) in [5.74, 6) is 4.10. The minimum Gasteiger partial charge on any atom is -0.479 e. The van der Waals surface area contributed by atoms with Crippen molar-refractivity contribution in [3.05, 3.63) is 59.7 Å². The second-order valence-electron chi connectivity index (χ2n) is 8.78. The van der Waals surface area contributed by atoms with E-state index in [4.69, 9.17) is 9.47 Å². The molecule has 2 aromatic rings. The molecule has 0 spiro atoms. The quantitative estimate of drug-likeness (QED) is 0.776. The Morgan fingerprint density at radius 1 is 0.719 bits per heavy atom. The highest BCUT2D eigenvalue weighted by atomic mass is 16.5. The lowest BCUT2D eigenvalue weighted by atomic mass is 9.93. The molecule has 6 heteroatoms. The maximum absolute atomic E-state index is 6.13. The topological polar surface area (TPSA) is 67.2 Å². The molecule has 0 saturated carbocycles. The van der Waals surface area contributed by atoms with Crippen LogP contribution in [0.25, 0.3) is 0 Å². The van der Waals surface area contributed by atoms with Crippen LogP contribution in [0.2, 0.25) is 0 Å². The van der Waals surface area contributed by atoms with Crippen molar-refractivity contribution in [2.75, 3.05) is 26.2 Å². The molecule has 2 aromatic carbocycles. The summed E-state index contributed by atoms with van der Waals surface area (Å²) in [6, 6.07) is 16.5. The van der Waals surface area contributed by atoms with Gasteiger partial charge in [-0.05, 0) is 36.1 Å². The number of aliphatic imine (C=N–C) groups is 2. The molecular formula is C26H32N4O2. The molecule has 0 saturated heterocycles. The van der Waals surface area contributed by atoms with Crippen LogP contribution in [-0.2, 0) is 12.8 Å². The van der Waals surface area contributed by atoms with E-state index in [2.05, 4.69) is 58.7 Å². The van der Waals surface area contributed by atoms with E-state index in [0.717, 1.165) is 75.0 Å². The highest BCUT2D eigenvalue weighted by Gasteiger charge is 2.44. The predicted octanol–water partition coefficient (Wildman–Crippen LogP) is 3.54. The number of nitrogens with one attached hydrogen (secondary N) is 2. The molecule has 2 N–H and O–H groups in total. The standard InChI is InChI=1S/2C13H16N2O/c2*1-2-13(12-14-7-8-15-12)9-10-5-3-4-6-11(10)16-13/h2*3-6H,2,7-9H2,1H3,(H,14,15). The third-order valence-corrected chi connectivity index (χ3v) is 6.86. The van der Waals surface area contributed by atoms with Gasteiger partial charge in [-0.1, -0.05) is 50.2 Å². The molecule has 32 heavy (non-hydrogen) atoms. The van der Waals surface area contributed by atoms with E-state index in [1.165, 1.54) is 11.1 Å². The minimum absolute atomic E-state index is 0.236. The summed E-state index contributed by atoms with van der Waals surface area (Å²) in [4.78, 5) is 9.05. The summed E-state index contributed by atoms with van der Waals surface area (Å²) in [7, 11) is 0. The molecule has 0 bridgehead atoms. The van der Waals surface area contributed by atoms with Gasteiger partial charge in [-0.25, -0.2) is 0 Å². The molecule has 4 heterocycles. The number of hydrogen-bond donors (Lipinski definition) is 2. The van der Waals surface area contributed by atoms with E-state index in [1.807, 2.05) is 24.3 Å². The van der Waals surface area contributed by atoms with Crippen LogP contribution in [0.3, 0.4) is 0 Å². The van der Waals surface area contributed by atoms with Gasteiger partial charge in [0.2, 0.25) is 0 Å². The average Bonchev–Trinajstić information content (AvgIpc) is 3.63. The lowest BCUT2D eigenvalue weighted by Gasteiger charge is -2.27. The Hall–Kier alpha value is -3.02. The summed E-state index contributed by atoms with van der Waals surface area (Å²) in [5, 5.41) is 6.70. The molecule has 4 aliphatic rings. The van der Waals surface area contributed by atoms with Crippen LogP contribution in [0.4, 0.5) is 0 Å². The van der Waals surface area contributed by atoms with E-state index in [1.54, 1.807) is 0 Å². The fourth-order valence-corrected chi connectivity index (χ4v) is 5.01. The minimum atomic E-state index is -0.236. The fraction of sp³-hybridized carbons (Fsp3) is 0.462. The second kappa shape index (κ2) is 8.49. The molecular weight excluding hydrogens is 400 g/mol. The van der Waals surface area contributed by atoms with Gasteiger partial charge in [-0.3, -0.25) is 9.98 Å². The Balaban J connectivity index is 0.000000135. The molecule has 0 radical (unpaired) electrons. The van der Waals surface area contributed by atoms with Crippen LogP contribution in [-0.4, -0.2) is 49.1 Å². The monoisotopic (exact) mass is 432 g/mol. The smallest absolute Gasteiger partial charge is 0.169 e. The summed E-state index contributed by atoms with van der Waals surface area (Å²) < 4.78 is 12.3. The van der Waals surface area contributed by atoms with Crippen molar-refractivity contribution >= 4 is 11.7 Å². The zero-order chi connectivity index (χ0) is 22.0. The molecule has 168 valence electrons. The van der Waals surface area contributed by atoms with Crippen molar-refractivity contribution in [2.45, 2.75) is 50.7 Å². The molecule has 0 amide bonds. The van der Waals surface area contributed by atoms with Crippen LogP contribution in [0, 0.1) is 0 Å². The van der Waals surface area contributed by atoms with E-state index in [0.29, 0.717) is 0 Å². The molecule has 2 atom stereocenters.